The standard InChI is InChI=1S/C17H21N3O4S/c1-10(21)14-11-9-12(15(17(23)24)20(11)16(14)22)25-8-6-18-13-5-3-4-7-19(13)2/h3-5,7,10-11,14,21H,6,8-9H2,1-2H3,(H,23,24)/t10-,11-,14-/m1/s1. The number of hydrogen-bond acceptors (Lipinski definition) is 6. The van der Waals surface area contributed by atoms with Crippen LogP contribution in [0.4, 0.5) is 5.82 Å². The number of aliphatic hydroxyl groups is 1. The number of carbonyl (C=O) groups is 2. The Bertz CT molecular complexity index is 734. The van der Waals surface area contributed by atoms with Gasteiger partial charge in [0.2, 0.25) is 5.91 Å². The number of nitrogens with zero attached hydrogens (tertiary/aromatic N) is 2. The number of nitrogens with one attached hydrogen (secondary N) is 1. The predicted molar refractivity (Wildman–Crippen MR) is 91.0 cm³/mol. The van der Waals surface area contributed by atoms with E-state index in [0.717, 1.165) is 5.82 Å². The van der Waals surface area contributed by atoms with Gasteiger partial charge in [-0.2, -0.15) is 0 Å². The summed E-state index contributed by atoms with van der Waals surface area (Å²) < 4.78 is 1.96. The molecule has 0 saturated carbocycles. The first-order valence-electron chi connectivity index (χ1n) is 8.18. The van der Waals surface area contributed by atoms with Gasteiger partial charge in [-0.15, -0.1) is 11.8 Å². The maximum atomic E-state index is 12.1. The highest BCUT2D eigenvalue weighted by molar-refractivity contribution is 8.03. The van der Waals surface area contributed by atoms with Crippen LogP contribution in [0, 0.1) is 5.92 Å². The lowest BCUT2D eigenvalue weighted by molar-refractivity contribution is -0.657. The number of β-lactam (4-membered cyclic amide) rings is 1. The van der Waals surface area contributed by atoms with Crippen molar-refractivity contribution in [2.24, 2.45) is 13.0 Å². The molecule has 134 valence electrons. The Kier molecular flexibility index (Phi) is 5.01. The molecule has 0 bridgehead atoms. The van der Waals surface area contributed by atoms with Crippen LogP contribution < -0.4 is 15.0 Å². The van der Waals surface area contributed by atoms with Gasteiger partial charge < -0.3 is 19.9 Å². The molecule has 1 saturated heterocycles. The van der Waals surface area contributed by atoms with E-state index < -0.39 is 18.0 Å². The Morgan fingerprint density at radius 1 is 1.56 bits per heavy atom. The lowest BCUT2D eigenvalue weighted by atomic mass is 9.83. The highest BCUT2D eigenvalue weighted by Crippen LogP contribution is 2.46. The van der Waals surface area contributed by atoms with Crippen LogP contribution in [0.25, 0.3) is 0 Å². The molecule has 25 heavy (non-hydrogen) atoms. The van der Waals surface area contributed by atoms with Crippen molar-refractivity contribution >= 4 is 29.5 Å². The Morgan fingerprint density at radius 3 is 2.96 bits per heavy atom. The second-order valence-electron chi connectivity index (χ2n) is 6.28. The summed E-state index contributed by atoms with van der Waals surface area (Å²) in [6.45, 7) is 2.22. The molecule has 8 heteroatoms. The average Bonchev–Trinajstić information content (AvgIpc) is 2.87. The molecular weight excluding hydrogens is 342 g/mol. The van der Waals surface area contributed by atoms with Gasteiger partial charge in [-0.1, -0.05) is 6.07 Å². The monoisotopic (exact) mass is 363 g/mol. The quantitative estimate of drug-likeness (QED) is 0.375. The summed E-state index contributed by atoms with van der Waals surface area (Å²) in [6.07, 6.45) is 1.63. The van der Waals surface area contributed by atoms with E-state index in [1.54, 1.807) is 6.92 Å². The van der Waals surface area contributed by atoms with Gasteiger partial charge in [0.15, 0.2) is 0 Å². The van der Waals surface area contributed by atoms with E-state index in [4.69, 9.17) is 0 Å². The van der Waals surface area contributed by atoms with Crippen LogP contribution in [0.5, 0.6) is 0 Å². The van der Waals surface area contributed by atoms with Crippen molar-refractivity contribution in [2.45, 2.75) is 25.5 Å². The normalized spacial score (nSPS) is 23.3. The van der Waals surface area contributed by atoms with Gasteiger partial charge >= 0.3 is 0 Å². The zero-order chi connectivity index (χ0) is 18.1. The molecule has 0 radical (unpaired) electrons. The van der Waals surface area contributed by atoms with E-state index in [-0.39, 0.29) is 17.6 Å². The zero-order valence-corrected chi connectivity index (χ0v) is 15.0. The molecule has 1 amide bonds. The van der Waals surface area contributed by atoms with Crippen LogP contribution in [0.3, 0.4) is 0 Å². The summed E-state index contributed by atoms with van der Waals surface area (Å²) in [7, 11) is 1.94. The number of thioether (sulfide) groups is 1. The summed E-state index contributed by atoms with van der Waals surface area (Å²) in [4.78, 5) is 25.5. The van der Waals surface area contributed by atoms with Gasteiger partial charge in [-0.25, -0.2) is 4.57 Å². The highest BCUT2D eigenvalue weighted by atomic mass is 32.2. The van der Waals surface area contributed by atoms with E-state index in [2.05, 4.69) is 5.32 Å². The largest absolute Gasteiger partial charge is 0.543 e. The molecule has 7 nitrogen and oxygen atoms in total. The molecule has 2 aliphatic heterocycles. The molecule has 0 spiro atoms. The number of fused-ring (bicyclic) bond motifs is 1. The third-order valence-electron chi connectivity index (χ3n) is 4.62. The number of anilines is 1. The average molecular weight is 363 g/mol. The van der Waals surface area contributed by atoms with Crippen LogP contribution >= 0.6 is 11.8 Å². The summed E-state index contributed by atoms with van der Waals surface area (Å²) in [5, 5.41) is 24.5. The van der Waals surface area contributed by atoms with Crippen molar-refractivity contribution in [3.8, 4) is 0 Å². The Balaban J connectivity index is 1.61. The number of rotatable bonds is 7. The fourth-order valence-electron chi connectivity index (χ4n) is 3.41. The van der Waals surface area contributed by atoms with E-state index in [1.807, 2.05) is 36.0 Å². The number of amides is 1. The molecule has 3 heterocycles. The topological polar surface area (TPSA) is 96.6 Å². The van der Waals surface area contributed by atoms with Crippen molar-refractivity contribution in [1.29, 1.82) is 0 Å². The molecule has 3 rings (SSSR count). The van der Waals surface area contributed by atoms with Gasteiger partial charge in [-0.3, -0.25) is 10.1 Å². The highest BCUT2D eigenvalue weighted by Gasteiger charge is 2.55. The number of aliphatic hydroxyl groups excluding tert-OH is 1. The number of carboxylic acid groups (broad SMARTS) is 1. The number of aryl methyl sites for hydroxylation is 1. The molecular formula is C17H21N3O4S. The summed E-state index contributed by atoms with van der Waals surface area (Å²) in [5.41, 5.74) is -0.0258. The molecule has 1 fully saturated rings. The molecule has 2 aliphatic rings. The second-order valence-corrected chi connectivity index (χ2v) is 7.47. The molecule has 0 unspecified atom stereocenters. The van der Waals surface area contributed by atoms with Crippen LogP contribution in [-0.2, 0) is 16.6 Å². The van der Waals surface area contributed by atoms with Crippen molar-refractivity contribution in [3.05, 3.63) is 35.0 Å². The number of carboxylic acids is 1. The Hall–Kier alpha value is -2.06. The minimum Gasteiger partial charge on any atom is -0.543 e. The zero-order valence-electron chi connectivity index (χ0n) is 14.1. The summed E-state index contributed by atoms with van der Waals surface area (Å²) in [6, 6.07) is 5.58. The number of hydrogen-bond donors (Lipinski definition) is 2. The minimum atomic E-state index is -1.33. The van der Waals surface area contributed by atoms with Gasteiger partial charge in [0, 0.05) is 23.1 Å². The lowest BCUT2D eigenvalue weighted by Crippen LogP contribution is -2.62. The summed E-state index contributed by atoms with van der Waals surface area (Å²) >= 11 is 1.42. The number of aromatic nitrogens is 1. The first-order chi connectivity index (χ1) is 11.9. The molecule has 3 atom stereocenters. The third-order valence-corrected chi connectivity index (χ3v) is 5.74. The van der Waals surface area contributed by atoms with E-state index in [9.17, 15) is 19.8 Å². The smallest absolute Gasteiger partial charge is 0.274 e. The Morgan fingerprint density at radius 2 is 2.32 bits per heavy atom. The number of pyridine rings is 1. The van der Waals surface area contributed by atoms with Crippen LogP contribution in [0.15, 0.2) is 35.0 Å². The summed E-state index contributed by atoms with van der Waals surface area (Å²) in [5.74, 6) is -0.547. The molecule has 1 aromatic heterocycles. The fraction of sp³-hybridized carbons (Fsp3) is 0.471. The SMILES string of the molecule is C[C@@H](O)[C@H]1C(=O)N2C(C(=O)[O-])=C(SCCNc3cccc[n+]3C)C[C@H]12. The maximum absolute atomic E-state index is 12.1. The van der Waals surface area contributed by atoms with Gasteiger partial charge in [0.25, 0.3) is 5.82 Å². The predicted octanol–water partition coefficient (Wildman–Crippen LogP) is -0.771. The van der Waals surface area contributed by atoms with E-state index in [0.29, 0.717) is 23.6 Å². The van der Waals surface area contributed by atoms with Gasteiger partial charge in [-0.05, 0) is 13.0 Å². The van der Waals surface area contributed by atoms with Gasteiger partial charge in [0.1, 0.15) is 0 Å². The molecule has 2 N–H and O–H groups in total. The molecule has 1 aromatic rings. The maximum Gasteiger partial charge on any atom is 0.274 e. The van der Waals surface area contributed by atoms with Crippen LogP contribution in [-0.4, -0.2) is 46.3 Å². The lowest BCUT2D eigenvalue weighted by Gasteiger charge is -2.45. The molecule has 0 aliphatic carbocycles. The Labute approximate surface area is 150 Å². The number of aliphatic carboxylic acids is 1. The minimum absolute atomic E-state index is 0.0258. The van der Waals surface area contributed by atoms with E-state index >= 15 is 0 Å². The fourth-order valence-corrected chi connectivity index (χ4v) is 4.47. The van der Waals surface area contributed by atoms with E-state index in [1.165, 1.54) is 16.7 Å². The van der Waals surface area contributed by atoms with Gasteiger partial charge in [0.05, 0.1) is 49.5 Å². The van der Waals surface area contributed by atoms with Crippen LogP contribution in [0.2, 0.25) is 0 Å². The third kappa shape index (κ3) is 3.23. The van der Waals surface area contributed by atoms with Crippen molar-refractivity contribution in [1.82, 2.24) is 4.90 Å². The number of carbonyl (C=O) groups excluding carboxylic acids is 2. The van der Waals surface area contributed by atoms with Crippen LogP contribution in [0.1, 0.15) is 13.3 Å². The van der Waals surface area contributed by atoms with Crippen molar-refractivity contribution in [3.63, 3.8) is 0 Å². The van der Waals surface area contributed by atoms with Crippen molar-refractivity contribution in [2.75, 3.05) is 17.6 Å². The second kappa shape index (κ2) is 7.05. The van der Waals surface area contributed by atoms with Crippen molar-refractivity contribution < 1.29 is 24.4 Å². The molecule has 0 aromatic carbocycles. The first kappa shape index (κ1) is 17.8. The first-order valence-corrected chi connectivity index (χ1v) is 9.17.